The zero-order valence-electron chi connectivity index (χ0n) is 10.9. The van der Waals surface area contributed by atoms with E-state index in [9.17, 15) is 0 Å². The number of aromatic nitrogens is 3. The van der Waals surface area contributed by atoms with Gasteiger partial charge in [-0.05, 0) is 23.8 Å². The number of rotatable bonds is 3. The lowest BCUT2D eigenvalue weighted by atomic mass is 10.1. The maximum atomic E-state index is 6.22. The number of hydrogen-bond donors (Lipinski definition) is 1. The highest BCUT2D eigenvalue weighted by Gasteiger charge is 2.17. The first-order valence-electron chi connectivity index (χ1n) is 6.34. The van der Waals surface area contributed by atoms with Crippen LogP contribution in [0.4, 0.5) is 0 Å². The minimum atomic E-state index is -0.478. The van der Waals surface area contributed by atoms with Crippen molar-refractivity contribution in [3.05, 3.63) is 76.0 Å². The molecular weight excluding hydrogens is 307 g/mol. The molecule has 0 fully saturated rings. The summed E-state index contributed by atoms with van der Waals surface area (Å²) in [6.07, 6.45) is 1.63. The summed E-state index contributed by atoms with van der Waals surface area (Å²) in [4.78, 5) is 1.54. The Morgan fingerprint density at radius 2 is 1.76 bits per heavy atom. The van der Waals surface area contributed by atoms with Gasteiger partial charge in [0.2, 0.25) is 0 Å². The highest BCUT2D eigenvalue weighted by Crippen LogP contribution is 2.31. The van der Waals surface area contributed by atoms with Crippen molar-refractivity contribution in [3.63, 3.8) is 0 Å². The summed E-state index contributed by atoms with van der Waals surface area (Å²) in [6.45, 7) is 0. The fraction of sp³-hybridized carbons (Fsp3) is 0.0667. The second-order valence-corrected chi connectivity index (χ2v) is 5.30. The van der Waals surface area contributed by atoms with Gasteiger partial charge in [-0.2, -0.15) is 15.0 Å². The lowest BCUT2D eigenvalue weighted by molar-refractivity contribution is 0.720. The molecule has 106 valence electrons. The van der Waals surface area contributed by atoms with Crippen LogP contribution in [0.25, 0.3) is 5.69 Å². The summed E-state index contributed by atoms with van der Waals surface area (Å²) in [6, 6.07) is 14.5. The second kappa shape index (κ2) is 5.85. The summed E-state index contributed by atoms with van der Waals surface area (Å²) < 4.78 is 0. The van der Waals surface area contributed by atoms with Gasteiger partial charge in [-0.1, -0.05) is 53.5 Å². The minimum Gasteiger partial charge on any atom is -0.319 e. The van der Waals surface area contributed by atoms with Crippen molar-refractivity contribution in [1.82, 2.24) is 15.0 Å². The van der Waals surface area contributed by atoms with Crippen molar-refractivity contribution in [1.29, 1.82) is 0 Å². The molecular formula is C15H12Cl2N4. The van der Waals surface area contributed by atoms with Crippen molar-refractivity contribution in [2.45, 2.75) is 6.04 Å². The van der Waals surface area contributed by atoms with Gasteiger partial charge >= 0.3 is 0 Å². The molecule has 4 nitrogen and oxygen atoms in total. The summed E-state index contributed by atoms with van der Waals surface area (Å²) >= 11 is 12.2. The molecule has 2 N–H and O–H groups in total. The van der Waals surface area contributed by atoms with E-state index in [1.165, 1.54) is 4.80 Å². The smallest absolute Gasteiger partial charge is 0.104 e. The zero-order chi connectivity index (χ0) is 14.8. The van der Waals surface area contributed by atoms with Gasteiger partial charge in [0.1, 0.15) is 5.69 Å². The van der Waals surface area contributed by atoms with Crippen LogP contribution in [0.3, 0.4) is 0 Å². The topological polar surface area (TPSA) is 56.7 Å². The molecule has 6 heteroatoms. The van der Waals surface area contributed by atoms with Gasteiger partial charge in [0, 0.05) is 0 Å². The molecule has 0 aliphatic carbocycles. The monoisotopic (exact) mass is 318 g/mol. The SMILES string of the molecule is NC(c1cnn(-c2ccccc2)n1)c1cccc(Cl)c1Cl. The van der Waals surface area contributed by atoms with Crippen LogP contribution in [0, 0.1) is 0 Å². The van der Waals surface area contributed by atoms with Crippen molar-refractivity contribution < 1.29 is 0 Å². The standard InChI is InChI=1S/C15H12Cl2N4/c16-12-8-4-7-11(14(12)17)15(18)13-9-19-21(20-13)10-5-2-1-3-6-10/h1-9,15H,18H2. The molecule has 0 aliphatic rings. The number of halogens is 2. The van der Waals surface area contributed by atoms with Crippen molar-refractivity contribution in [2.24, 2.45) is 5.73 Å². The molecule has 1 heterocycles. The van der Waals surface area contributed by atoms with Gasteiger partial charge < -0.3 is 5.73 Å². The molecule has 0 amide bonds. The zero-order valence-corrected chi connectivity index (χ0v) is 12.5. The Bertz CT molecular complexity index is 755. The van der Waals surface area contributed by atoms with Crippen LogP contribution >= 0.6 is 23.2 Å². The van der Waals surface area contributed by atoms with Crippen LogP contribution in [0.1, 0.15) is 17.3 Å². The van der Waals surface area contributed by atoms with E-state index in [0.29, 0.717) is 15.7 Å². The molecule has 1 atom stereocenters. The highest BCUT2D eigenvalue weighted by atomic mass is 35.5. The Hall–Kier alpha value is -1.88. The molecule has 0 radical (unpaired) electrons. The number of hydrogen-bond acceptors (Lipinski definition) is 3. The van der Waals surface area contributed by atoms with E-state index in [-0.39, 0.29) is 0 Å². The normalized spacial score (nSPS) is 12.3. The van der Waals surface area contributed by atoms with Crippen LogP contribution in [-0.2, 0) is 0 Å². The third kappa shape index (κ3) is 2.78. The average Bonchev–Trinajstić information content (AvgIpc) is 3.00. The second-order valence-electron chi connectivity index (χ2n) is 4.52. The third-order valence-corrected chi connectivity index (χ3v) is 3.97. The van der Waals surface area contributed by atoms with Crippen LogP contribution in [0.5, 0.6) is 0 Å². The molecule has 3 aromatic rings. The summed E-state index contributed by atoms with van der Waals surface area (Å²) in [5.41, 5.74) is 8.44. The van der Waals surface area contributed by atoms with Crippen LogP contribution in [0.15, 0.2) is 54.7 Å². The van der Waals surface area contributed by atoms with Gasteiger partial charge in [0.15, 0.2) is 0 Å². The van der Waals surface area contributed by atoms with E-state index in [4.69, 9.17) is 28.9 Å². The first kappa shape index (κ1) is 14.1. The van der Waals surface area contributed by atoms with E-state index in [2.05, 4.69) is 10.2 Å². The van der Waals surface area contributed by atoms with Crippen LogP contribution in [-0.4, -0.2) is 15.0 Å². The van der Waals surface area contributed by atoms with E-state index >= 15 is 0 Å². The fourth-order valence-corrected chi connectivity index (χ4v) is 2.45. The van der Waals surface area contributed by atoms with Gasteiger partial charge in [-0.3, -0.25) is 0 Å². The summed E-state index contributed by atoms with van der Waals surface area (Å²) in [5, 5.41) is 9.56. The number of nitrogens with zero attached hydrogens (tertiary/aromatic N) is 3. The first-order valence-corrected chi connectivity index (χ1v) is 7.09. The highest BCUT2D eigenvalue weighted by molar-refractivity contribution is 6.42. The van der Waals surface area contributed by atoms with Crippen molar-refractivity contribution in [2.75, 3.05) is 0 Å². The molecule has 0 aliphatic heterocycles. The summed E-state index contributed by atoms with van der Waals surface area (Å²) in [7, 11) is 0. The van der Waals surface area contributed by atoms with E-state index < -0.39 is 6.04 Å². The molecule has 0 saturated carbocycles. The largest absolute Gasteiger partial charge is 0.319 e. The average molecular weight is 319 g/mol. The van der Waals surface area contributed by atoms with Crippen molar-refractivity contribution in [3.8, 4) is 5.69 Å². The predicted molar refractivity (Wildman–Crippen MR) is 83.9 cm³/mol. The van der Waals surface area contributed by atoms with Gasteiger partial charge in [0.25, 0.3) is 0 Å². The van der Waals surface area contributed by atoms with Gasteiger partial charge in [-0.25, -0.2) is 0 Å². The molecule has 0 spiro atoms. The molecule has 1 aromatic heterocycles. The van der Waals surface area contributed by atoms with Crippen LogP contribution in [0.2, 0.25) is 10.0 Å². The Labute approximate surface area is 132 Å². The van der Waals surface area contributed by atoms with Gasteiger partial charge in [0.05, 0.1) is 28.0 Å². The molecule has 3 rings (SSSR count). The number of para-hydroxylation sites is 1. The van der Waals surface area contributed by atoms with Crippen molar-refractivity contribution >= 4 is 23.2 Å². The Morgan fingerprint density at radius 1 is 1.00 bits per heavy atom. The van der Waals surface area contributed by atoms with E-state index in [0.717, 1.165) is 11.3 Å². The first-order chi connectivity index (χ1) is 10.2. The molecule has 0 bridgehead atoms. The molecule has 2 aromatic carbocycles. The third-order valence-electron chi connectivity index (χ3n) is 3.13. The van der Waals surface area contributed by atoms with Gasteiger partial charge in [-0.15, -0.1) is 0 Å². The van der Waals surface area contributed by atoms with E-state index in [1.807, 2.05) is 42.5 Å². The minimum absolute atomic E-state index is 0.445. The Kier molecular flexibility index (Phi) is 3.92. The van der Waals surface area contributed by atoms with E-state index in [1.54, 1.807) is 12.3 Å². The Balaban J connectivity index is 1.95. The van der Waals surface area contributed by atoms with Crippen LogP contribution < -0.4 is 5.73 Å². The maximum Gasteiger partial charge on any atom is 0.104 e. The Morgan fingerprint density at radius 3 is 2.52 bits per heavy atom. The quantitative estimate of drug-likeness (QED) is 0.802. The number of nitrogens with two attached hydrogens (primary N) is 1. The lowest BCUT2D eigenvalue weighted by Gasteiger charge is -2.11. The summed E-state index contributed by atoms with van der Waals surface area (Å²) in [5.74, 6) is 0. The lowest BCUT2D eigenvalue weighted by Crippen LogP contribution is -2.13. The predicted octanol–water partition coefficient (Wildman–Crippen LogP) is 3.62. The molecule has 1 unspecified atom stereocenters. The molecule has 21 heavy (non-hydrogen) atoms. The number of benzene rings is 2. The maximum absolute atomic E-state index is 6.22. The fourth-order valence-electron chi connectivity index (χ4n) is 2.02. The molecule has 0 saturated heterocycles.